The molecule has 0 amide bonds. The van der Waals surface area contributed by atoms with Crippen LogP contribution in [0.5, 0.6) is 0 Å². The van der Waals surface area contributed by atoms with Crippen LogP contribution in [0.3, 0.4) is 0 Å². The summed E-state index contributed by atoms with van der Waals surface area (Å²) in [5.41, 5.74) is -3.38. The normalized spacial score (nSPS) is 52.9. The Morgan fingerprint density at radius 2 is 1.93 bits per heavy atom. The second-order valence-corrected chi connectivity index (χ2v) is 9.37. The lowest BCUT2D eigenvalue weighted by Crippen LogP contribution is -2.79. The van der Waals surface area contributed by atoms with Crippen LogP contribution in [0.1, 0.15) is 40.0 Å². The molecule has 0 spiro atoms. The fourth-order valence-electron chi connectivity index (χ4n) is 7.07. The van der Waals surface area contributed by atoms with E-state index < -0.39 is 52.5 Å². The molecule has 156 valence electrons. The van der Waals surface area contributed by atoms with Gasteiger partial charge in [0, 0.05) is 29.8 Å². The van der Waals surface area contributed by atoms with Gasteiger partial charge in [-0.05, 0) is 24.8 Å². The monoisotopic (exact) mass is 394 g/mol. The van der Waals surface area contributed by atoms with Crippen LogP contribution in [0.2, 0.25) is 0 Å². The zero-order valence-corrected chi connectivity index (χ0v) is 17.1. The number of ether oxygens (including phenoxy) is 3. The van der Waals surface area contributed by atoms with E-state index in [-0.39, 0.29) is 23.9 Å². The maximum absolute atomic E-state index is 13.5. The Kier molecular flexibility index (Phi) is 4.28. The van der Waals surface area contributed by atoms with E-state index in [0.717, 1.165) is 0 Å². The summed E-state index contributed by atoms with van der Waals surface area (Å²) in [7, 11) is 2.96. The van der Waals surface area contributed by atoms with Gasteiger partial charge in [0.15, 0.2) is 5.76 Å². The Hall–Kier alpha value is -1.44. The maximum Gasteiger partial charge on any atom is 0.309 e. The fraction of sp³-hybridized carbons (Fsp3) is 0.810. The van der Waals surface area contributed by atoms with Crippen molar-refractivity contribution in [3.63, 3.8) is 0 Å². The van der Waals surface area contributed by atoms with Crippen LogP contribution >= 0.6 is 0 Å². The molecule has 0 radical (unpaired) electrons. The number of allylic oxidation sites excluding steroid dienone is 2. The molecule has 0 aromatic heterocycles. The summed E-state index contributed by atoms with van der Waals surface area (Å²) in [5, 5.41) is 23.3. The second kappa shape index (κ2) is 6.03. The number of carbonyl (C=O) groups excluding carboxylic acids is 2. The highest BCUT2D eigenvalue weighted by atomic mass is 16.6. The summed E-state index contributed by atoms with van der Waals surface area (Å²) in [6, 6.07) is 0. The average molecular weight is 394 g/mol. The van der Waals surface area contributed by atoms with E-state index in [9.17, 15) is 19.8 Å². The van der Waals surface area contributed by atoms with Gasteiger partial charge in [-0.15, -0.1) is 0 Å². The van der Waals surface area contributed by atoms with Gasteiger partial charge in [-0.2, -0.15) is 0 Å². The van der Waals surface area contributed by atoms with Crippen molar-refractivity contribution in [3.8, 4) is 0 Å². The first-order valence-corrected chi connectivity index (χ1v) is 9.99. The minimum Gasteiger partial charge on any atom is -0.493 e. The Morgan fingerprint density at radius 1 is 1.25 bits per heavy atom. The summed E-state index contributed by atoms with van der Waals surface area (Å²) >= 11 is 0. The molecule has 0 aromatic carbocycles. The molecule has 2 N–H and O–H groups in total. The molecule has 7 heteroatoms. The molecule has 9 atom stereocenters. The molecule has 0 bridgehead atoms. The van der Waals surface area contributed by atoms with Gasteiger partial charge in [-0.25, -0.2) is 0 Å². The topological polar surface area (TPSA) is 102 Å². The predicted molar refractivity (Wildman–Crippen MR) is 97.9 cm³/mol. The van der Waals surface area contributed by atoms with Crippen LogP contribution in [-0.4, -0.2) is 60.1 Å². The number of Topliss-reactive ketones (excluding diaryl/α,β-unsaturated/α-hetero) is 1. The number of hydrogen-bond acceptors (Lipinski definition) is 7. The molecule has 1 aliphatic heterocycles. The Morgan fingerprint density at radius 3 is 2.54 bits per heavy atom. The molecule has 7 nitrogen and oxygen atoms in total. The predicted octanol–water partition coefficient (Wildman–Crippen LogP) is 1.21. The minimum absolute atomic E-state index is 0.127. The van der Waals surface area contributed by atoms with Crippen molar-refractivity contribution >= 4 is 11.8 Å². The Labute approximate surface area is 165 Å². The molecule has 0 aromatic rings. The smallest absolute Gasteiger partial charge is 0.309 e. The van der Waals surface area contributed by atoms with E-state index in [1.165, 1.54) is 14.2 Å². The van der Waals surface area contributed by atoms with Gasteiger partial charge in [0.05, 0.1) is 31.3 Å². The molecule has 1 heterocycles. The summed E-state index contributed by atoms with van der Waals surface area (Å²) in [4.78, 5) is 25.9. The second-order valence-electron chi connectivity index (χ2n) is 9.37. The maximum atomic E-state index is 13.5. The Balaban J connectivity index is 1.95. The van der Waals surface area contributed by atoms with Gasteiger partial charge in [0.25, 0.3) is 0 Å². The largest absolute Gasteiger partial charge is 0.493 e. The van der Waals surface area contributed by atoms with Crippen molar-refractivity contribution < 1.29 is 34.0 Å². The summed E-state index contributed by atoms with van der Waals surface area (Å²) in [6.07, 6.45) is 0.402. The van der Waals surface area contributed by atoms with Crippen LogP contribution in [-0.2, 0) is 23.8 Å². The van der Waals surface area contributed by atoms with E-state index in [1.807, 2.05) is 13.8 Å². The number of ketones is 1. The van der Waals surface area contributed by atoms with Gasteiger partial charge in [0.1, 0.15) is 6.10 Å². The average Bonchev–Trinajstić information content (AvgIpc) is 2.63. The van der Waals surface area contributed by atoms with Gasteiger partial charge in [-0.1, -0.05) is 20.8 Å². The van der Waals surface area contributed by atoms with Crippen LogP contribution in [0, 0.1) is 28.6 Å². The quantitative estimate of drug-likeness (QED) is 0.679. The third kappa shape index (κ3) is 2.05. The van der Waals surface area contributed by atoms with Gasteiger partial charge in [-0.3, -0.25) is 9.59 Å². The highest BCUT2D eigenvalue weighted by molar-refractivity contribution is 5.99. The van der Waals surface area contributed by atoms with Crippen LogP contribution < -0.4 is 0 Å². The first-order valence-electron chi connectivity index (χ1n) is 9.99. The van der Waals surface area contributed by atoms with Crippen molar-refractivity contribution in [2.75, 3.05) is 14.2 Å². The fourth-order valence-corrected chi connectivity index (χ4v) is 7.07. The van der Waals surface area contributed by atoms with Gasteiger partial charge >= 0.3 is 5.97 Å². The number of aliphatic hydroxyl groups excluding tert-OH is 1. The standard InChI is InChI=1S/C21H30O7/c1-10-16(27-5)15(23)17-19(2)11(6-7-12(26-4)18(19)24)8-13-20(17,3)21(10,25)9-14(22)28-13/h7,10-11,13,15-17,23,25H,6,8-9H2,1-5H3/t10-,11+,13+,15+,16-,17+,19-,20+,21+/m0/s1. The molecule has 4 aliphatic rings. The van der Waals surface area contributed by atoms with Crippen molar-refractivity contribution in [3.05, 3.63) is 11.8 Å². The highest BCUT2D eigenvalue weighted by Crippen LogP contribution is 2.68. The molecule has 2 saturated carbocycles. The lowest BCUT2D eigenvalue weighted by molar-refractivity contribution is -0.329. The summed E-state index contributed by atoms with van der Waals surface area (Å²) in [6.45, 7) is 5.52. The van der Waals surface area contributed by atoms with E-state index in [1.54, 1.807) is 13.0 Å². The molecule has 3 fully saturated rings. The summed E-state index contributed by atoms with van der Waals surface area (Å²) in [5.74, 6) is -1.59. The zero-order valence-electron chi connectivity index (χ0n) is 17.1. The molecule has 1 saturated heterocycles. The summed E-state index contributed by atoms with van der Waals surface area (Å²) < 4.78 is 16.7. The van der Waals surface area contributed by atoms with E-state index in [2.05, 4.69) is 0 Å². The first kappa shape index (κ1) is 19.9. The molecule has 28 heavy (non-hydrogen) atoms. The third-order valence-electron chi connectivity index (χ3n) is 8.65. The number of methoxy groups -OCH3 is 2. The van der Waals surface area contributed by atoms with E-state index in [0.29, 0.717) is 12.8 Å². The first-order chi connectivity index (χ1) is 13.1. The van der Waals surface area contributed by atoms with Crippen molar-refractivity contribution in [1.82, 2.24) is 0 Å². The van der Waals surface area contributed by atoms with Crippen molar-refractivity contribution in [2.45, 2.75) is 63.9 Å². The van der Waals surface area contributed by atoms with Crippen molar-refractivity contribution in [2.24, 2.45) is 28.6 Å². The van der Waals surface area contributed by atoms with Crippen LogP contribution in [0.4, 0.5) is 0 Å². The minimum atomic E-state index is -1.44. The zero-order chi connectivity index (χ0) is 20.6. The highest BCUT2D eigenvalue weighted by Gasteiger charge is 2.77. The molecular formula is C21H30O7. The number of esters is 1. The number of carbonyl (C=O) groups is 2. The molecular weight excluding hydrogens is 364 g/mol. The van der Waals surface area contributed by atoms with Crippen LogP contribution in [0.25, 0.3) is 0 Å². The number of rotatable bonds is 2. The third-order valence-corrected chi connectivity index (χ3v) is 8.65. The molecule has 0 unspecified atom stereocenters. The van der Waals surface area contributed by atoms with Crippen molar-refractivity contribution in [1.29, 1.82) is 0 Å². The van der Waals surface area contributed by atoms with Gasteiger partial charge in [0.2, 0.25) is 5.78 Å². The number of aliphatic hydroxyl groups is 2. The van der Waals surface area contributed by atoms with E-state index >= 15 is 0 Å². The lowest BCUT2D eigenvalue weighted by atomic mass is 9.37. The number of hydrogen-bond donors (Lipinski definition) is 2. The van der Waals surface area contributed by atoms with Gasteiger partial charge < -0.3 is 24.4 Å². The molecule has 4 rings (SSSR count). The Bertz CT molecular complexity index is 747. The lowest BCUT2D eigenvalue weighted by Gasteiger charge is -2.70. The molecule has 3 aliphatic carbocycles. The van der Waals surface area contributed by atoms with Crippen LogP contribution in [0.15, 0.2) is 11.8 Å². The SMILES string of the molecule is COC1=CC[C@@H]2C[C@H]3OC(=O)C[C@@]4(O)[C@@H](C)[C@H](OC)[C@@H](O)[C@H]([C@@]2(C)C1=O)[C@@]34C. The van der Waals surface area contributed by atoms with E-state index in [4.69, 9.17) is 14.2 Å². The number of fused-ring (bicyclic) bond motifs is 2.